The molecule has 0 bridgehead atoms. The predicted molar refractivity (Wildman–Crippen MR) is 54.8 cm³/mol. The predicted octanol–water partition coefficient (Wildman–Crippen LogP) is 3.11. The molecule has 62 valence electrons. The molecule has 12 heavy (non-hydrogen) atoms. The van der Waals surface area contributed by atoms with Crippen molar-refractivity contribution in [1.82, 2.24) is 4.98 Å². The number of rotatable bonds is 1. The van der Waals surface area contributed by atoms with Gasteiger partial charge in [-0.3, -0.25) is 0 Å². The molecule has 5 heteroatoms. The summed E-state index contributed by atoms with van der Waals surface area (Å²) in [6.45, 7) is 0. The van der Waals surface area contributed by atoms with Crippen LogP contribution in [-0.4, -0.2) is 4.98 Å². The van der Waals surface area contributed by atoms with Crippen LogP contribution in [0.1, 0.15) is 0 Å². The highest BCUT2D eigenvalue weighted by molar-refractivity contribution is 7.16. The SMILES string of the molecule is Nc1nc(-c2sccc2Cl)cs1. The lowest BCUT2D eigenvalue weighted by molar-refractivity contribution is 1.43. The molecule has 2 nitrogen and oxygen atoms in total. The van der Waals surface area contributed by atoms with E-state index in [-0.39, 0.29) is 0 Å². The molecule has 0 radical (unpaired) electrons. The fraction of sp³-hybridized carbons (Fsp3) is 0. The van der Waals surface area contributed by atoms with Gasteiger partial charge in [0.05, 0.1) is 15.6 Å². The topological polar surface area (TPSA) is 38.9 Å². The second-order valence-corrected chi connectivity index (χ2v) is 4.38. The highest BCUT2D eigenvalue weighted by Crippen LogP contribution is 2.33. The Morgan fingerprint density at radius 1 is 1.42 bits per heavy atom. The minimum atomic E-state index is 0.578. The third-order valence-corrected chi connectivity index (χ3v) is 3.41. The Bertz CT molecular complexity index is 394. The Kier molecular flexibility index (Phi) is 2.04. The van der Waals surface area contributed by atoms with Gasteiger partial charge in [-0.05, 0) is 11.4 Å². The van der Waals surface area contributed by atoms with Crippen molar-refractivity contribution in [3.05, 3.63) is 21.8 Å². The van der Waals surface area contributed by atoms with E-state index in [1.54, 1.807) is 11.3 Å². The summed E-state index contributed by atoms with van der Waals surface area (Å²) in [4.78, 5) is 5.13. The molecule has 0 atom stereocenters. The zero-order valence-corrected chi connectivity index (χ0v) is 8.34. The third kappa shape index (κ3) is 1.33. The Balaban J connectivity index is 2.50. The van der Waals surface area contributed by atoms with Crippen LogP contribution in [0.25, 0.3) is 10.6 Å². The molecule has 2 N–H and O–H groups in total. The number of thiophene rings is 1. The fourth-order valence-electron chi connectivity index (χ4n) is 0.868. The first-order chi connectivity index (χ1) is 5.77. The summed E-state index contributed by atoms with van der Waals surface area (Å²) < 4.78 is 0. The monoisotopic (exact) mass is 216 g/mol. The van der Waals surface area contributed by atoms with E-state index in [0.717, 1.165) is 15.6 Å². The fourth-order valence-corrected chi connectivity index (χ4v) is 2.61. The number of hydrogen-bond donors (Lipinski definition) is 1. The minimum absolute atomic E-state index is 0.578. The lowest BCUT2D eigenvalue weighted by atomic mass is 10.4. The number of halogens is 1. The molecular formula is C7H5ClN2S2. The van der Waals surface area contributed by atoms with Gasteiger partial charge in [0.15, 0.2) is 5.13 Å². The van der Waals surface area contributed by atoms with E-state index < -0.39 is 0 Å². The number of aromatic nitrogens is 1. The highest BCUT2D eigenvalue weighted by atomic mass is 35.5. The average Bonchev–Trinajstić information content (AvgIpc) is 2.58. The molecule has 0 amide bonds. The van der Waals surface area contributed by atoms with Crippen molar-refractivity contribution in [2.45, 2.75) is 0 Å². The zero-order valence-electron chi connectivity index (χ0n) is 5.95. The minimum Gasteiger partial charge on any atom is -0.375 e. The molecular weight excluding hydrogens is 212 g/mol. The summed E-state index contributed by atoms with van der Waals surface area (Å²) in [7, 11) is 0. The van der Waals surface area contributed by atoms with Crippen molar-refractivity contribution < 1.29 is 0 Å². The molecule has 0 aliphatic rings. The van der Waals surface area contributed by atoms with Gasteiger partial charge >= 0.3 is 0 Å². The van der Waals surface area contributed by atoms with Gasteiger partial charge in [0, 0.05) is 5.38 Å². The van der Waals surface area contributed by atoms with Crippen LogP contribution in [0, 0.1) is 0 Å². The van der Waals surface area contributed by atoms with Crippen LogP contribution in [0.3, 0.4) is 0 Å². The van der Waals surface area contributed by atoms with Crippen LogP contribution in [-0.2, 0) is 0 Å². The summed E-state index contributed by atoms with van der Waals surface area (Å²) >= 11 is 8.92. The van der Waals surface area contributed by atoms with Gasteiger partial charge in [-0.25, -0.2) is 4.98 Å². The molecule has 0 saturated carbocycles. The molecule has 2 aromatic heterocycles. The van der Waals surface area contributed by atoms with Crippen molar-refractivity contribution >= 4 is 39.4 Å². The number of anilines is 1. The largest absolute Gasteiger partial charge is 0.375 e. The molecule has 2 rings (SSSR count). The molecule has 0 saturated heterocycles. The van der Waals surface area contributed by atoms with Crippen molar-refractivity contribution in [2.24, 2.45) is 0 Å². The van der Waals surface area contributed by atoms with Gasteiger partial charge in [0.1, 0.15) is 0 Å². The maximum Gasteiger partial charge on any atom is 0.180 e. The average molecular weight is 217 g/mol. The Hall–Kier alpha value is -0.580. The summed E-state index contributed by atoms with van der Waals surface area (Å²) in [6.07, 6.45) is 0. The van der Waals surface area contributed by atoms with Crippen LogP contribution in [0.2, 0.25) is 5.02 Å². The van der Waals surface area contributed by atoms with Crippen LogP contribution in [0.4, 0.5) is 5.13 Å². The standard InChI is InChI=1S/C7H5ClN2S2/c8-4-1-2-11-6(4)5-3-12-7(9)10-5/h1-3H,(H2,9,10). The van der Waals surface area contributed by atoms with E-state index in [2.05, 4.69) is 4.98 Å². The summed E-state index contributed by atoms with van der Waals surface area (Å²) in [5.41, 5.74) is 6.38. The smallest absolute Gasteiger partial charge is 0.180 e. The van der Waals surface area contributed by atoms with Gasteiger partial charge in [0.2, 0.25) is 0 Å². The van der Waals surface area contributed by atoms with E-state index in [1.807, 2.05) is 16.8 Å². The van der Waals surface area contributed by atoms with Crippen molar-refractivity contribution in [3.63, 3.8) is 0 Å². The van der Waals surface area contributed by atoms with Gasteiger partial charge in [-0.1, -0.05) is 11.6 Å². The molecule has 0 spiro atoms. The quantitative estimate of drug-likeness (QED) is 0.796. The molecule has 2 aromatic rings. The van der Waals surface area contributed by atoms with Crippen molar-refractivity contribution in [3.8, 4) is 10.6 Å². The first-order valence-corrected chi connectivity index (χ1v) is 5.35. The lowest BCUT2D eigenvalue weighted by Gasteiger charge is -1.89. The van der Waals surface area contributed by atoms with Crippen molar-refractivity contribution in [2.75, 3.05) is 5.73 Å². The summed E-state index contributed by atoms with van der Waals surface area (Å²) in [5, 5.41) is 5.17. The molecule has 0 aliphatic heterocycles. The van der Waals surface area contributed by atoms with Gasteiger partial charge in [-0.2, -0.15) is 0 Å². The normalized spacial score (nSPS) is 10.4. The Morgan fingerprint density at radius 3 is 2.75 bits per heavy atom. The van der Waals surface area contributed by atoms with E-state index in [4.69, 9.17) is 17.3 Å². The molecule has 0 fully saturated rings. The Labute approximate surface area is 82.6 Å². The third-order valence-electron chi connectivity index (χ3n) is 1.37. The number of nitrogens with zero attached hydrogens (tertiary/aromatic N) is 1. The van der Waals surface area contributed by atoms with Gasteiger partial charge in [-0.15, -0.1) is 22.7 Å². The first-order valence-electron chi connectivity index (χ1n) is 3.22. The number of hydrogen-bond acceptors (Lipinski definition) is 4. The maximum absolute atomic E-state index is 5.92. The van der Waals surface area contributed by atoms with E-state index in [1.165, 1.54) is 11.3 Å². The summed E-state index contributed by atoms with van der Waals surface area (Å²) in [6, 6.07) is 1.86. The van der Waals surface area contributed by atoms with E-state index >= 15 is 0 Å². The zero-order chi connectivity index (χ0) is 8.55. The second-order valence-electron chi connectivity index (χ2n) is 2.17. The maximum atomic E-state index is 5.92. The molecule has 0 unspecified atom stereocenters. The van der Waals surface area contributed by atoms with E-state index in [0.29, 0.717) is 5.13 Å². The van der Waals surface area contributed by atoms with Crippen LogP contribution in [0.15, 0.2) is 16.8 Å². The van der Waals surface area contributed by atoms with Crippen molar-refractivity contribution in [1.29, 1.82) is 0 Å². The van der Waals surface area contributed by atoms with Crippen LogP contribution < -0.4 is 5.73 Å². The van der Waals surface area contributed by atoms with E-state index in [9.17, 15) is 0 Å². The van der Waals surface area contributed by atoms with Gasteiger partial charge < -0.3 is 5.73 Å². The Morgan fingerprint density at radius 2 is 2.25 bits per heavy atom. The number of thiazole rings is 1. The number of nitrogens with two attached hydrogens (primary N) is 1. The first kappa shape index (κ1) is 8.04. The lowest BCUT2D eigenvalue weighted by Crippen LogP contribution is -1.81. The number of nitrogen functional groups attached to an aromatic ring is 1. The summed E-state index contributed by atoms with van der Waals surface area (Å²) in [5.74, 6) is 0. The van der Waals surface area contributed by atoms with Crippen LogP contribution >= 0.6 is 34.3 Å². The van der Waals surface area contributed by atoms with Crippen LogP contribution in [0.5, 0.6) is 0 Å². The molecule has 0 aromatic carbocycles. The highest BCUT2D eigenvalue weighted by Gasteiger charge is 2.07. The molecule has 2 heterocycles. The van der Waals surface area contributed by atoms with Gasteiger partial charge in [0.25, 0.3) is 0 Å². The molecule has 0 aliphatic carbocycles. The second kappa shape index (κ2) is 3.05.